The first-order chi connectivity index (χ1) is 15.9. The smallest absolute Gasteiger partial charge is 0.336 e. The molecule has 3 aromatic carbocycles. The van der Waals surface area contributed by atoms with Crippen molar-refractivity contribution >= 4 is 23.5 Å². The lowest BCUT2D eigenvalue weighted by Crippen LogP contribution is -2.38. The molecule has 1 atom stereocenters. The number of ether oxygens (including phenoxy) is 1. The van der Waals surface area contributed by atoms with Gasteiger partial charge in [0.1, 0.15) is 6.61 Å². The number of halogens is 1. The van der Waals surface area contributed by atoms with Crippen LogP contribution in [0.1, 0.15) is 41.5 Å². The quantitative estimate of drug-likeness (QED) is 0.413. The first kappa shape index (κ1) is 22.8. The van der Waals surface area contributed by atoms with E-state index >= 15 is 0 Å². The van der Waals surface area contributed by atoms with E-state index in [2.05, 4.69) is 0 Å². The molecule has 0 aromatic heterocycles. The normalized spacial score (nSPS) is 16.2. The molecule has 0 aliphatic carbocycles. The molecule has 3 aromatic rings. The van der Waals surface area contributed by atoms with Crippen molar-refractivity contribution in [1.82, 2.24) is 4.90 Å². The predicted octanol–water partition coefficient (Wildman–Crippen LogP) is 6.18. The number of hydrogen-bond donors (Lipinski definition) is 0. The minimum absolute atomic E-state index is 0.0207. The monoisotopic (exact) mass is 459 g/mol. The Balaban J connectivity index is 1.67. The summed E-state index contributed by atoms with van der Waals surface area (Å²) in [7, 11) is 0. The number of amides is 1. The summed E-state index contributed by atoms with van der Waals surface area (Å²) in [6, 6.07) is 24.9. The van der Waals surface area contributed by atoms with Crippen molar-refractivity contribution in [2.75, 3.05) is 0 Å². The maximum Gasteiger partial charge on any atom is 0.336 e. The second-order valence-electron chi connectivity index (χ2n) is 8.33. The molecule has 1 heterocycles. The van der Waals surface area contributed by atoms with Crippen LogP contribution in [0.25, 0.3) is 0 Å². The molecule has 0 radical (unpaired) electrons. The van der Waals surface area contributed by atoms with Gasteiger partial charge in [0.15, 0.2) is 0 Å². The van der Waals surface area contributed by atoms with E-state index in [1.54, 1.807) is 17.0 Å². The largest absolute Gasteiger partial charge is 0.457 e. The zero-order valence-corrected chi connectivity index (χ0v) is 19.5. The molecular formula is C28H26ClNO3. The molecule has 4 nitrogen and oxygen atoms in total. The van der Waals surface area contributed by atoms with Gasteiger partial charge in [-0.2, -0.15) is 0 Å². The predicted molar refractivity (Wildman–Crippen MR) is 129 cm³/mol. The first-order valence-electron chi connectivity index (χ1n) is 11.0. The molecule has 0 N–H and O–H groups in total. The van der Waals surface area contributed by atoms with Gasteiger partial charge in [-0.05, 0) is 42.7 Å². The topological polar surface area (TPSA) is 46.6 Å². The summed E-state index contributed by atoms with van der Waals surface area (Å²) in [5, 5.41) is 0.607. The van der Waals surface area contributed by atoms with Gasteiger partial charge in [0.2, 0.25) is 5.91 Å². The lowest BCUT2D eigenvalue weighted by atomic mass is 9.83. The highest BCUT2D eigenvalue weighted by Crippen LogP contribution is 2.38. The Morgan fingerprint density at radius 2 is 1.61 bits per heavy atom. The van der Waals surface area contributed by atoms with E-state index in [4.69, 9.17) is 16.3 Å². The summed E-state index contributed by atoms with van der Waals surface area (Å²) in [6.07, 6.45) is 0.195. The number of hydrogen-bond acceptors (Lipinski definition) is 3. The number of aryl methyl sites for hydroxylation is 1. The van der Waals surface area contributed by atoms with Gasteiger partial charge in [0.25, 0.3) is 0 Å². The van der Waals surface area contributed by atoms with Crippen LogP contribution in [0, 0.1) is 6.92 Å². The molecule has 33 heavy (non-hydrogen) atoms. The Morgan fingerprint density at radius 1 is 0.939 bits per heavy atom. The zero-order valence-electron chi connectivity index (χ0n) is 18.8. The summed E-state index contributed by atoms with van der Waals surface area (Å²) in [4.78, 5) is 28.2. The number of rotatable bonds is 6. The third-order valence-electron chi connectivity index (χ3n) is 5.99. The molecule has 5 heteroatoms. The molecule has 0 spiro atoms. The number of carbonyl (C=O) groups is 2. The van der Waals surface area contributed by atoms with E-state index in [1.165, 1.54) is 0 Å². The van der Waals surface area contributed by atoms with Gasteiger partial charge in [0, 0.05) is 23.1 Å². The van der Waals surface area contributed by atoms with Gasteiger partial charge >= 0.3 is 5.97 Å². The van der Waals surface area contributed by atoms with Gasteiger partial charge in [-0.3, -0.25) is 4.79 Å². The van der Waals surface area contributed by atoms with Gasteiger partial charge in [-0.1, -0.05) is 83.9 Å². The van der Waals surface area contributed by atoms with Crippen molar-refractivity contribution in [3.8, 4) is 0 Å². The van der Waals surface area contributed by atoms with Gasteiger partial charge in [-0.15, -0.1) is 0 Å². The first-order valence-corrected chi connectivity index (χ1v) is 11.3. The fourth-order valence-corrected chi connectivity index (χ4v) is 4.25. The van der Waals surface area contributed by atoms with Gasteiger partial charge in [-0.25, -0.2) is 4.79 Å². The highest BCUT2D eigenvalue weighted by Gasteiger charge is 2.37. The van der Waals surface area contributed by atoms with Crippen molar-refractivity contribution in [2.45, 2.75) is 39.3 Å². The van der Waals surface area contributed by atoms with Crippen LogP contribution in [-0.4, -0.2) is 16.8 Å². The third-order valence-corrected chi connectivity index (χ3v) is 6.24. The van der Waals surface area contributed by atoms with E-state index in [-0.39, 0.29) is 24.9 Å². The van der Waals surface area contributed by atoms with Crippen LogP contribution in [0.4, 0.5) is 0 Å². The van der Waals surface area contributed by atoms with Crippen LogP contribution < -0.4 is 0 Å². The minimum Gasteiger partial charge on any atom is -0.457 e. The van der Waals surface area contributed by atoms with Crippen molar-refractivity contribution < 1.29 is 14.3 Å². The number of carbonyl (C=O) groups excluding carboxylic acids is 2. The Bertz CT molecular complexity index is 1170. The molecule has 168 valence electrons. The average molecular weight is 460 g/mol. The molecule has 0 saturated heterocycles. The number of benzene rings is 3. The van der Waals surface area contributed by atoms with Crippen LogP contribution in [0.5, 0.6) is 0 Å². The minimum atomic E-state index is -0.405. The van der Waals surface area contributed by atoms with E-state index in [9.17, 15) is 9.59 Å². The van der Waals surface area contributed by atoms with E-state index in [0.29, 0.717) is 22.8 Å². The van der Waals surface area contributed by atoms with Crippen molar-refractivity contribution in [2.24, 2.45) is 0 Å². The second-order valence-corrected chi connectivity index (χ2v) is 8.77. The van der Waals surface area contributed by atoms with Crippen molar-refractivity contribution in [3.63, 3.8) is 0 Å². The summed E-state index contributed by atoms with van der Waals surface area (Å²) < 4.78 is 5.70. The molecule has 1 aliphatic rings. The second kappa shape index (κ2) is 10.1. The van der Waals surface area contributed by atoms with Gasteiger partial charge < -0.3 is 9.64 Å². The standard InChI is InChI=1S/C28H26ClNO3/c1-19-8-10-21(11-9-19)17-30-20(2)27(28(32)33-18-22-6-4-3-5-7-22)25(16-26(30)31)23-12-14-24(29)15-13-23/h3-15,25H,16-18H2,1-2H3. The maximum absolute atomic E-state index is 13.3. The summed E-state index contributed by atoms with van der Waals surface area (Å²) in [6.45, 7) is 4.44. The van der Waals surface area contributed by atoms with E-state index < -0.39 is 5.97 Å². The molecule has 4 rings (SSSR count). The SMILES string of the molecule is CC1=C(C(=O)OCc2ccccc2)C(c2ccc(Cl)cc2)CC(=O)N1Cc1ccc(C)cc1. The van der Waals surface area contributed by atoms with Crippen molar-refractivity contribution in [3.05, 3.63) is 117 Å². The fraction of sp³-hybridized carbons (Fsp3) is 0.214. The Labute approximate surface area is 199 Å². The zero-order chi connectivity index (χ0) is 23.4. The average Bonchev–Trinajstić information content (AvgIpc) is 2.82. The summed E-state index contributed by atoms with van der Waals surface area (Å²) >= 11 is 6.07. The molecule has 1 amide bonds. The van der Waals surface area contributed by atoms with E-state index in [1.807, 2.05) is 80.6 Å². The Morgan fingerprint density at radius 3 is 2.27 bits per heavy atom. The van der Waals surface area contributed by atoms with Crippen molar-refractivity contribution in [1.29, 1.82) is 0 Å². The van der Waals surface area contributed by atoms with Gasteiger partial charge in [0.05, 0.1) is 12.1 Å². The summed E-state index contributed by atoms with van der Waals surface area (Å²) in [5.74, 6) is -0.808. The lowest BCUT2D eigenvalue weighted by molar-refractivity contribution is -0.141. The molecule has 0 bridgehead atoms. The maximum atomic E-state index is 13.3. The highest BCUT2D eigenvalue weighted by atomic mass is 35.5. The third kappa shape index (κ3) is 5.35. The summed E-state index contributed by atoms with van der Waals surface area (Å²) in [5.41, 5.74) is 5.09. The van der Waals surface area contributed by atoms with Crippen LogP contribution in [-0.2, 0) is 27.5 Å². The van der Waals surface area contributed by atoms with E-state index in [0.717, 1.165) is 22.3 Å². The lowest BCUT2D eigenvalue weighted by Gasteiger charge is -2.34. The molecule has 1 unspecified atom stereocenters. The number of nitrogens with zero attached hydrogens (tertiary/aromatic N) is 1. The molecule has 0 saturated carbocycles. The molecular weight excluding hydrogens is 434 g/mol. The molecule has 0 fully saturated rings. The number of esters is 1. The van der Waals surface area contributed by atoms with Crippen LogP contribution in [0.2, 0.25) is 5.02 Å². The Hall–Kier alpha value is -3.37. The van der Waals surface area contributed by atoms with Crippen LogP contribution in [0.3, 0.4) is 0 Å². The number of allylic oxidation sites excluding steroid dienone is 1. The van der Waals surface area contributed by atoms with Crippen LogP contribution >= 0.6 is 11.6 Å². The van der Waals surface area contributed by atoms with Crippen LogP contribution in [0.15, 0.2) is 90.1 Å². The molecule has 1 aliphatic heterocycles. The fourth-order valence-electron chi connectivity index (χ4n) is 4.12. The Kier molecular flexibility index (Phi) is 6.95. The highest BCUT2D eigenvalue weighted by molar-refractivity contribution is 6.30.